The zero-order valence-electron chi connectivity index (χ0n) is 13.7. The second-order valence-corrected chi connectivity index (χ2v) is 5.65. The van der Waals surface area contributed by atoms with Gasteiger partial charge in [0.05, 0.1) is 43.4 Å². The minimum absolute atomic E-state index is 0.169. The Morgan fingerprint density at radius 1 is 1.32 bits per heavy atom. The molecule has 25 heavy (non-hydrogen) atoms. The van der Waals surface area contributed by atoms with E-state index >= 15 is 0 Å². The van der Waals surface area contributed by atoms with Gasteiger partial charge < -0.3 is 24.4 Å². The van der Waals surface area contributed by atoms with Crippen molar-refractivity contribution in [2.24, 2.45) is 0 Å². The van der Waals surface area contributed by atoms with Crippen LogP contribution in [-0.2, 0) is 20.8 Å². The number of aromatic nitrogens is 1. The first-order valence-corrected chi connectivity index (χ1v) is 7.83. The largest absolute Gasteiger partial charge is 0.493 e. The van der Waals surface area contributed by atoms with Crippen molar-refractivity contribution in [1.29, 1.82) is 0 Å². The standard InChI is InChI=1S/C18H19NO6/c1-23-18(22)12-3-2-11-4-5-13(19-14(11)8-12)10-25-15-6-7-24-16(9-20)17(15)21/h2-8,15-17,20-21H,9-10H2,1H3/t15-,16-,17-/m1/s1. The Kier molecular flexibility index (Phi) is 5.28. The first-order valence-electron chi connectivity index (χ1n) is 7.83. The van der Waals surface area contributed by atoms with Crippen LogP contribution in [0.15, 0.2) is 42.7 Å². The molecular weight excluding hydrogens is 326 g/mol. The Bertz CT molecular complexity index is 790. The molecule has 0 aliphatic carbocycles. The average molecular weight is 345 g/mol. The molecule has 0 radical (unpaired) electrons. The van der Waals surface area contributed by atoms with Gasteiger partial charge in [0.2, 0.25) is 0 Å². The van der Waals surface area contributed by atoms with Gasteiger partial charge in [-0.1, -0.05) is 12.1 Å². The van der Waals surface area contributed by atoms with Crippen molar-refractivity contribution in [2.75, 3.05) is 13.7 Å². The smallest absolute Gasteiger partial charge is 0.337 e. The third kappa shape index (κ3) is 3.79. The van der Waals surface area contributed by atoms with E-state index in [1.165, 1.54) is 13.4 Å². The van der Waals surface area contributed by atoms with E-state index in [2.05, 4.69) is 4.98 Å². The van der Waals surface area contributed by atoms with Crippen LogP contribution >= 0.6 is 0 Å². The number of benzene rings is 1. The maximum absolute atomic E-state index is 11.6. The monoisotopic (exact) mass is 345 g/mol. The molecule has 2 aromatic rings. The second-order valence-electron chi connectivity index (χ2n) is 5.65. The minimum atomic E-state index is -0.957. The quantitative estimate of drug-likeness (QED) is 0.785. The van der Waals surface area contributed by atoms with Gasteiger partial charge in [-0.25, -0.2) is 4.79 Å². The molecule has 7 nitrogen and oxygen atoms in total. The molecule has 3 atom stereocenters. The van der Waals surface area contributed by atoms with Crippen molar-refractivity contribution >= 4 is 16.9 Å². The number of hydrogen-bond acceptors (Lipinski definition) is 7. The number of fused-ring (bicyclic) bond motifs is 1. The van der Waals surface area contributed by atoms with E-state index < -0.39 is 24.3 Å². The predicted octanol–water partition coefficient (Wildman–Crippen LogP) is 1.17. The van der Waals surface area contributed by atoms with Gasteiger partial charge in [0.1, 0.15) is 18.3 Å². The number of nitrogens with zero attached hydrogens (tertiary/aromatic N) is 1. The van der Waals surface area contributed by atoms with Gasteiger partial charge in [-0.15, -0.1) is 0 Å². The lowest BCUT2D eigenvalue weighted by Crippen LogP contribution is -2.43. The topological polar surface area (TPSA) is 98.1 Å². The SMILES string of the molecule is COC(=O)c1ccc2ccc(CO[C@@H]3C=CO[C@H](CO)[C@@H]3O)nc2c1. The summed E-state index contributed by atoms with van der Waals surface area (Å²) in [5.41, 5.74) is 1.73. The van der Waals surface area contributed by atoms with Crippen LogP contribution in [-0.4, -0.2) is 53.2 Å². The fraction of sp³-hybridized carbons (Fsp3) is 0.333. The van der Waals surface area contributed by atoms with Crippen LogP contribution in [0.4, 0.5) is 0 Å². The molecule has 2 heterocycles. The lowest BCUT2D eigenvalue weighted by Gasteiger charge is -2.29. The van der Waals surface area contributed by atoms with Gasteiger partial charge in [-0.05, 0) is 24.3 Å². The molecule has 2 N–H and O–H groups in total. The van der Waals surface area contributed by atoms with Crippen LogP contribution in [0.2, 0.25) is 0 Å². The average Bonchev–Trinajstić information content (AvgIpc) is 2.65. The highest BCUT2D eigenvalue weighted by molar-refractivity contribution is 5.94. The van der Waals surface area contributed by atoms with E-state index in [1.807, 2.05) is 12.1 Å². The fourth-order valence-corrected chi connectivity index (χ4v) is 2.60. The summed E-state index contributed by atoms with van der Waals surface area (Å²) in [6.07, 6.45) is 0.746. The molecule has 0 unspecified atom stereocenters. The maximum Gasteiger partial charge on any atom is 0.337 e. The molecule has 1 aliphatic rings. The fourth-order valence-electron chi connectivity index (χ4n) is 2.60. The lowest BCUT2D eigenvalue weighted by atomic mass is 10.1. The summed E-state index contributed by atoms with van der Waals surface area (Å²) in [7, 11) is 1.33. The highest BCUT2D eigenvalue weighted by atomic mass is 16.5. The molecule has 132 valence electrons. The molecule has 0 spiro atoms. The highest BCUT2D eigenvalue weighted by Gasteiger charge is 2.30. The number of pyridine rings is 1. The Morgan fingerprint density at radius 3 is 2.88 bits per heavy atom. The summed E-state index contributed by atoms with van der Waals surface area (Å²) in [4.78, 5) is 16.1. The third-order valence-corrected chi connectivity index (χ3v) is 4.01. The zero-order chi connectivity index (χ0) is 17.8. The van der Waals surface area contributed by atoms with Gasteiger partial charge in [0.25, 0.3) is 0 Å². The molecule has 0 saturated carbocycles. The van der Waals surface area contributed by atoms with Gasteiger partial charge in [-0.2, -0.15) is 0 Å². The highest BCUT2D eigenvalue weighted by Crippen LogP contribution is 2.19. The maximum atomic E-state index is 11.6. The molecule has 7 heteroatoms. The van der Waals surface area contributed by atoms with E-state index in [-0.39, 0.29) is 13.2 Å². The normalized spacial score (nSPS) is 22.6. The van der Waals surface area contributed by atoms with E-state index in [9.17, 15) is 9.90 Å². The van der Waals surface area contributed by atoms with Crippen LogP contribution in [0.3, 0.4) is 0 Å². The zero-order valence-corrected chi connectivity index (χ0v) is 13.7. The Labute approximate surface area is 144 Å². The number of hydrogen-bond donors (Lipinski definition) is 2. The number of carbonyl (C=O) groups is 1. The number of aliphatic hydroxyl groups excluding tert-OH is 2. The molecule has 0 amide bonds. The Morgan fingerprint density at radius 2 is 2.12 bits per heavy atom. The van der Waals surface area contributed by atoms with Gasteiger partial charge in [0.15, 0.2) is 0 Å². The first-order chi connectivity index (χ1) is 12.1. The molecule has 0 saturated heterocycles. The summed E-state index contributed by atoms with van der Waals surface area (Å²) in [5, 5.41) is 20.1. The van der Waals surface area contributed by atoms with Crippen molar-refractivity contribution in [3.63, 3.8) is 0 Å². The first kappa shape index (κ1) is 17.3. The Balaban J connectivity index is 1.74. The Hall–Kier alpha value is -2.48. The van der Waals surface area contributed by atoms with E-state index in [1.54, 1.807) is 24.3 Å². The van der Waals surface area contributed by atoms with Crippen molar-refractivity contribution in [3.8, 4) is 0 Å². The summed E-state index contributed by atoms with van der Waals surface area (Å²) in [6.45, 7) is -0.126. The summed E-state index contributed by atoms with van der Waals surface area (Å²) in [6, 6.07) is 8.85. The predicted molar refractivity (Wildman–Crippen MR) is 88.8 cm³/mol. The molecule has 1 aliphatic heterocycles. The van der Waals surface area contributed by atoms with Crippen molar-refractivity contribution in [2.45, 2.75) is 24.9 Å². The third-order valence-electron chi connectivity index (χ3n) is 4.01. The van der Waals surface area contributed by atoms with E-state index in [4.69, 9.17) is 19.3 Å². The van der Waals surface area contributed by atoms with Crippen LogP contribution < -0.4 is 0 Å². The number of ether oxygens (including phenoxy) is 3. The lowest BCUT2D eigenvalue weighted by molar-refractivity contribution is -0.106. The molecule has 0 bridgehead atoms. The van der Waals surface area contributed by atoms with E-state index in [0.29, 0.717) is 16.8 Å². The molecule has 1 aromatic carbocycles. The number of aliphatic hydroxyl groups is 2. The molecule has 1 aromatic heterocycles. The number of methoxy groups -OCH3 is 1. The summed E-state index contributed by atoms with van der Waals surface area (Å²) < 4.78 is 15.5. The summed E-state index contributed by atoms with van der Waals surface area (Å²) in [5.74, 6) is -0.420. The minimum Gasteiger partial charge on any atom is -0.493 e. The van der Waals surface area contributed by atoms with Crippen LogP contribution in [0.1, 0.15) is 16.1 Å². The molecule has 3 rings (SSSR count). The number of rotatable bonds is 5. The van der Waals surface area contributed by atoms with Crippen LogP contribution in [0.5, 0.6) is 0 Å². The summed E-state index contributed by atoms with van der Waals surface area (Å²) >= 11 is 0. The number of esters is 1. The second kappa shape index (κ2) is 7.60. The van der Waals surface area contributed by atoms with Crippen LogP contribution in [0, 0.1) is 0 Å². The van der Waals surface area contributed by atoms with Crippen molar-refractivity contribution < 1.29 is 29.2 Å². The van der Waals surface area contributed by atoms with Gasteiger partial charge in [0, 0.05) is 5.39 Å². The van der Waals surface area contributed by atoms with Gasteiger partial charge in [-0.3, -0.25) is 4.98 Å². The molecular formula is C18H19NO6. The van der Waals surface area contributed by atoms with Crippen LogP contribution in [0.25, 0.3) is 10.9 Å². The van der Waals surface area contributed by atoms with Crippen molar-refractivity contribution in [3.05, 3.63) is 53.9 Å². The molecule has 0 fully saturated rings. The number of carbonyl (C=O) groups excluding carboxylic acids is 1. The van der Waals surface area contributed by atoms with Gasteiger partial charge >= 0.3 is 5.97 Å². The van der Waals surface area contributed by atoms with Crippen molar-refractivity contribution in [1.82, 2.24) is 4.98 Å². The van der Waals surface area contributed by atoms with E-state index in [0.717, 1.165) is 5.39 Å².